The summed E-state index contributed by atoms with van der Waals surface area (Å²) in [6, 6.07) is 0. The highest BCUT2D eigenvalue weighted by atomic mass is 79.9. The minimum Gasteiger partial charge on any atom is -0.465 e. The molecule has 0 aliphatic heterocycles. The Morgan fingerprint density at radius 2 is 1.64 bits per heavy atom. The quantitative estimate of drug-likeness (QED) is 0.557. The van der Waals surface area contributed by atoms with Gasteiger partial charge < -0.3 is 9.47 Å². The number of rotatable bonds is 5. The van der Waals surface area contributed by atoms with Crippen molar-refractivity contribution >= 4 is 27.9 Å². The molecule has 2 atom stereocenters. The van der Waals surface area contributed by atoms with E-state index in [0.29, 0.717) is 0 Å². The van der Waals surface area contributed by atoms with E-state index in [1.807, 2.05) is 0 Å². The van der Waals surface area contributed by atoms with E-state index in [1.165, 1.54) is 0 Å². The highest BCUT2D eigenvalue weighted by molar-refractivity contribution is 9.10. The average Bonchev–Trinajstić information content (AvgIpc) is 2.16. The maximum absolute atomic E-state index is 13.1. The van der Waals surface area contributed by atoms with Crippen LogP contribution in [0.1, 0.15) is 13.8 Å². The van der Waals surface area contributed by atoms with Crippen molar-refractivity contribution in [3.63, 3.8) is 0 Å². The molecule has 0 aromatic rings. The van der Waals surface area contributed by atoms with E-state index < -0.39 is 22.9 Å². The van der Waals surface area contributed by atoms with Gasteiger partial charge in [0, 0.05) is 0 Å². The zero-order chi connectivity index (χ0) is 11.1. The predicted octanol–water partition coefficient (Wildman–Crippen LogP) is 1.21. The average molecular weight is 271 g/mol. The van der Waals surface area contributed by atoms with Crippen molar-refractivity contribution in [2.75, 3.05) is 13.2 Å². The molecule has 0 heterocycles. The van der Waals surface area contributed by atoms with Crippen molar-refractivity contribution in [3.05, 3.63) is 0 Å². The molecular formula is C8H12BrFO4. The van der Waals surface area contributed by atoms with Crippen LogP contribution >= 0.6 is 15.9 Å². The van der Waals surface area contributed by atoms with Gasteiger partial charge in [-0.3, -0.25) is 4.79 Å². The van der Waals surface area contributed by atoms with Crippen LogP contribution < -0.4 is 0 Å². The molecule has 0 amide bonds. The van der Waals surface area contributed by atoms with Crippen molar-refractivity contribution < 1.29 is 23.5 Å². The molecular weight excluding hydrogens is 259 g/mol. The molecule has 0 saturated heterocycles. The lowest BCUT2D eigenvalue weighted by Crippen LogP contribution is -2.34. The van der Waals surface area contributed by atoms with Crippen LogP contribution in [0.15, 0.2) is 0 Å². The summed E-state index contributed by atoms with van der Waals surface area (Å²) < 4.78 is 22.0. The standard InChI is InChI=1S/C8H12BrFO4/c1-3-13-7(11)5(9)6(10)8(12)14-4-2/h5-6H,3-4H2,1-2H3/t5-,6+/m0/s1. The summed E-state index contributed by atoms with van der Waals surface area (Å²) in [5.41, 5.74) is 0. The number of esters is 2. The van der Waals surface area contributed by atoms with Gasteiger partial charge in [0.2, 0.25) is 6.17 Å². The Bertz CT molecular complexity index is 188. The van der Waals surface area contributed by atoms with Crippen LogP contribution in [-0.2, 0) is 19.1 Å². The van der Waals surface area contributed by atoms with Crippen LogP contribution in [0.25, 0.3) is 0 Å². The fourth-order valence-electron chi connectivity index (χ4n) is 0.683. The second kappa shape index (κ2) is 6.75. The Hall–Kier alpha value is -0.650. The Kier molecular flexibility index (Phi) is 6.44. The van der Waals surface area contributed by atoms with E-state index in [0.717, 1.165) is 0 Å². The fourth-order valence-corrected chi connectivity index (χ4v) is 1.03. The number of hydrogen-bond donors (Lipinski definition) is 0. The number of ether oxygens (including phenoxy) is 2. The highest BCUT2D eigenvalue weighted by Crippen LogP contribution is 2.13. The van der Waals surface area contributed by atoms with Gasteiger partial charge in [-0.05, 0) is 13.8 Å². The van der Waals surface area contributed by atoms with Crippen LogP contribution in [0, 0.1) is 0 Å². The summed E-state index contributed by atoms with van der Waals surface area (Å²) in [4.78, 5) is 20.5. The topological polar surface area (TPSA) is 52.6 Å². The maximum atomic E-state index is 13.1. The third kappa shape index (κ3) is 4.04. The summed E-state index contributed by atoms with van der Waals surface area (Å²) in [6.45, 7) is 3.35. The van der Waals surface area contributed by atoms with Crippen LogP contribution in [0.4, 0.5) is 4.39 Å². The van der Waals surface area contributed by atoms with E-state index in [4.69, 9.17) is 0 Å². The summed E-state index contributed by atoms with van der Waals surface area (Å²) in [6.07, 6.45) is -2.03. The number of carbonyl (C=O) groups is 2. The SMILES string of the molecule is CCOC(=O)[C@@H](Br)[C@@H](F)C(=O)OCC. The van der Waals surface area contributed by atoms with Crippen LogP contribution in [0.2, 0.25) is 0 Å². The van der Waals surface area contributed by atoms with Gasteiger partial charge in [-0.1, -0.05) is 15.9 Å². The first-order chi connectivity index (χ1) is 6.54. The zero-order valence-electron chi connectivity index (χ0n) is 7.96. The Morgan fingerprint density at radius 3 is 2.07 bits per heavy atom. The maximum Gasteiger partial charge on any atom is 0.342 e. The number of halogens is 2. The minimum atomic E-state index is -2.03. The van der Waals surface area contributed by atoms with E-state index >= 15 is 0 Å². The molecule has 82 valence electrons. The second-order valence-electron chi connectivity index (χ2n) is 2.31. The van der Waals surface area contributed by atoms with Gasteiger partial charge in [-0.15, -0.1) is 0 Å². The molecule has 0 aliphatic rings. The molecule has 14 heavy (non-hydrogen) atoms. The van der Waals surface area contributed by atoms with Gasteiger partial charge in [0.05, 0.1) is 13.2 Å². The van der Waals surface area contributed by atoms with E-state index in [2.05, 4.69) is 25.4 Å². The van der Waals surface area contributed by atoms with Crippen LogP contribution in [0.5, 0.6) is 0 Å². The summed E-state index contributed by atoms with van der Waals surface area (Å²) in [7, 11) is 0. The summed E-state index contributed by atoms with van der Waals surface area (Å²) in [5.74, 6) is -1.88. The zero-order valence-corrected chi connectivity index (χ0v) is 9.54. The van der Waals surface area contributed by atoms with E-state index in [9.17, 15) is 14.0 Å². The molecule has 0 aromatic heterocycles. The lowest BCUT2D eigenvalue weighted by molar-refractivity contribution is -0.154. The lowest BCUT2D eigenvalue weighted by atomic mass is 10.3. The third-order valence-corrected chi connectivity index (χ3v) is 2.12. The van der Waals surface area contributed by atoms with E-state index in [-0.39, 0.29) is 13.2 Å². The second-order valence-corrected chi connectivity index (χ2v) is 3.29. The van der Waals surface area contributed by atoms with Gasteiger partial charge in [0.1, 0.15) is 0 Å². The number of carbonyl (C=O) groups excluding carboxylic acids is 2. The highest BCUT2D eigenvalue weighted by Gasteiger charge is 2.33. The molecule has 0 radical (unpaired) electrons. The van der Waals surface area contributed by atoms with Crippen LogP contribution in [0.3, 0.4) is 0 Å². The predicted molar refractivity (Wildman–Crippen MR) is 50.9 cm³/mol. The lowest BCUT2D eigenvalue weighted by Gasteiger charge is -2.12. The van der Waals surface area contributed by atoms with Gasteiger partial charge in [-0.2, -0.15) is 0 Å². The number of alkyl halides is 2. The van der Waals surface area contributed by atoms with E-state index in [1.54, 1.807) is 13.8 Å². The van der Waals surface area contributed by atoms with Crippen molar-refractivity contribution in [1.82, 2.24) is 0 Å². The molecule has 0 saturated carbocycles. The molecule has 6 heteroatoms. The van der Waals surface area contributed by atoms with Crippen molar-refractivity contribution in [1.29, 1.82) is 0 Å². The molecule has 4 nitrogen and oxygen atoms in total. The van der Waals surface area contributed by atoms with Crippen LogP contribution in [-0.4, -0.2) is 36.2 Å². The molecule has 0 rings (SSSR count). The number of hydrogen-bond acceptors (Lipinski definition) is 4. The molecule has 0 N–H and O–H groups in total. The normalized spacial score (nSPS) is 14.3. The van der Waals surface area contributed by atoms with Crippen molar-refractivity contribution in [3.8, 4) is 0 Å². The Morgan fingerprint density at radius 1 is 1.21 bits per heavy atom. The van der Waals surface area contributed by atoms with Crippen molar-refractivity contribution in [2.24, 2.45) is 0 Å². The first-order valence-electron chi connectivity index (χ1n) is 4.16. The Labute approximate surface area is 89.9 Å². The molecule has 0 fully saturated rings. The molecule has 0 aromatic carbocycles. The van der Waals surface area contributed by atoms with Gasteiger partial charge in [0.15, 0.2) is 4.83 Å². The van der Waals surface area contributed by atoms with Gasteiger partial charge in [0.25, 0.3) is 0 Å². The largest absolute Gasteiger partial charge is 0.465 e. The molecule has 0 unspecified atom stereocenters. The summed E-state index contributed by atoms with van der Waals surface area (Å²) in [5, 5.41) is 0. The van der Waals surface area contributed by atoms with Gasteiger partial charge >= 0.3 is 11.9 Å². The molecule has 0 aliphatic carbocycles. The first-order valence-corrected chi connectivity index (χ1v) is 5.07. The van der Waals surface area contributed by atoms with Crippen molar-refractivity contribution in [2.45, 2.75) is 24.8 Å². The monoisotopic (exact) mass is 270 g/mol. The minimum absolute atomic E-state index is 0.0712. The summed E-state index contributed by atoms with van der Waals surface area (Å²) >= 11 is 2.73. The molecule has 0 bridgehead atoms. The smallest absolute Gasteiger partial charge is 0.342 e. The fraction of sp³-hybridized carbons (Fsp3) is 0.750. The molecule has 0 spiro atoms. The Balaban J connectivity index is 4.16. The third-order valence-electron chi connectivity index (χ3n) is 1.28. The van der Waals surface area contributed by atoms with Gasteiger partial charge in [-0.25, -0.2) is 9.18 Å². The first kappa shape index (κ1) is 13.4.